The van der Waals surface area contributed by atoms with Gasteiger partial charge in [0.2, 0.25) is 0 Å². The number of thioether (sulfide) groups is 1. The first-order chi connectivity index (χ1) is 12.1. The Bertz CT molecular complexity index is 815. The molecule has 0 unspecified atom stereocenters. The van der Waals surface area contributed by atoms with E-state index in [9.17, 15) is 8.42 Å². The van der Waals surface area contributed by atoms with Gasteiger partial charge in [0.15, 0.2) is 9.84 Å². The van der Waals surface area contributed by atoms with Crippen LogP contribution in [0.15, 0.2) is 82.1 Å². The molecule has 0 N–H and O–H groups in total. The van der Waals surface area contributed by atoms with Crippen LogP contribution in [0.25, 0.3) is 0 Å². The summed E-state index contributed by atoms with van der Waals surface area (Å²) in [4.78, 5) is 1.59. The van der Waals surface area contributed by atoms with Gasteiger partial charge in [-0.2, -0.15) is 0 Å². The van der Waals surface area contributed by atoms with Crippen molar-refractivity contribution >= 4 is 21.6 Å². The third-order valence-electron chi connectivity index (χ3n) is 4.43. The Morgan fingerprint density at radius 2 is 1.68 bits per heavy atom. The number of methoxy groups -OCH3 is 1. The van der Waals surface area contributed by atoms with Gasteiger partial charge in [-0.05, 0) is 37.1 Å². The summed E-state index contributed by atoms with van der Waals surface area (Å²) < 4.78 is 31.4. The topological polar surface area (TPSA) is 43.4 Å². The second-order valence-electron chi connectivity index (χ2n) is 6.06. The molecule has 0 saturated heterocycles. The Hall–Kier alpha value is -1.56. The second kappa shape index (κ2) is 8.21. The molecule has 0 amide bonds. The quantitative estimate of drug-likeness (QED) is 0.557. The zero-order valence-electron chi connectivity index (χ0n) is 14.2. The van der Waals surface area contributed by atoms with E-state index in [2.05, 4.69) is 12.1 Å². The lowest BCUT2D eigenvalue weighted by atomic mass is 9.98. The van der Waals surface area contributed by atoms with E-state index in [4.69, 9.17) is 4.74 Å². The maximum atomic E-state index is 12.9. The fourth-order valence-corrected chi connectivity index (χ4v) is 5.86. The van der Waals surface area contributed by atoms with Crippen molar-refractivity contribution < 1.29 is 13.2 Å². The predicted octanol–water partition coefficient (Wildman–Crippen LogP) is 4.36. The monoisotopic (exact) mass is 374 g/mol. The van der Waals surface area contributed by atoms with E-state index in [0.29, 0.717) is 11.3 Å². The molecule has 0 spiro atoms. The van der Waals surface area contributed by atoms with E-state index < -0.39 is 21.2 Å². The van der Waals surface area contributed by atoms with Crippen molar-refractivity contribution in [1.29, 1.82) is 0 Å². The number of rotatable bonds is 6. The van der Waals surface area contributed by atoms with Gasteiger partial charge in [-0.3, -0.25) is 0 Å². The van der Waals surface area contributed by atoms with Crippen LogP contribution in [0, 0.1) is 0 Å². The average Bonchev–Trinajstić information content (AvgIpc) is 2.67. The summed E-state index contributed by atoms with van der Waals surface area (Å²) in [5, 5.41) is -0.523. The Balaban J connectivity index is 1.74. The van der Waals surface area contributed by atoms with Gasteiger partial charge < -0.3 is 4.74 Å². The van der Waals surface area contributed by atoms with Crippen LogP contribution in [0.4, 0.5) is 0 Å². The van der Waals surface area contributed by atoms with Gasteiger partial charge in [0.25, 0.3) is 0 Å². The van der Waals surface area contributed by atoms with E-state index in [1.165, 1.54) is 10.5 Å². The molecule has 2 aromatic rings. The van der Waals surface area contributed by atoms with Crippen LogP contribution in [0.2, 0.25) is 0 Å². The summed E-state index contributed by atoms with van der Waals surface area (Å²) in [6.45, 7) is 0. The predicted molar refractivity (Wildman–Crippen MR) is 103 cm³/mol. The molecule has 0 heterocycles. The van der Waals surface area contributed by atoms with Crippen LogP contribution < -0.4 is 0 Å². The lowest BCUT2D eigenvalue weighted by Crippen LogP contribution is -2.37. The largest absolute Gasteiger partial charge is 0.376 e. The Morgan fingerprint density at radius 1 is 1.04 bits per heavy atom. The summed E-state index contributed by atoms with van der Waals surface area (Å²) >= 11 is 1.77. The molecule has 0 aliphatic heterocycles. The first-order valence-corrected chi connectivity index (χ1v) is 10.8. The highest BCUT2D eigenvalue weighted by Crippen LogP contribution is 2.32. The molecule has 1 aliphatic rings. The lowest BCUT2D eigenvalue weighted by Gasteiger charge is -2.29. The molecule has 1 aliphatic carbocycles. The lowest BCUT2D eigenvalue weighted by molar-refractivity contribution is 0.129. The average molecular weight is 375 g/mol. The van der Waals surface area contributed by atoms with Crippen molar-refractivity contribution in [2.45, 2.75) is 34.0 Å². The van der Waals surface area contributed by atoms with Crippen molar-refractivity contribution in [2.24, 2.45) is 0 Å². The Labute approximate surface area is 154 Å². The number of sulfone groups is 1. The molecule has 3 nitrogen and oxygen atoms in total. The summed E-state index contributed by atoms with van der Waals surface area (Å²) in [5.74, 6) is 0.863. The van der Waals surface area contributed by atoms with Crippen LogP contribution in [-0.2, 0) is 14.6 Å². The van der Waals surface area contributed by atoms with Gasteiger partial charge in [0.05, 0.1) is 16.2 Å². The molecule has 0 fully saturated rings. The van der Waals surface area contributed by atoms with Crippen LogP contribution in [0.5, 0.6) is 0 Å². The summed E-state index contributed by atoms with van der Waals surface area (Å²) in [6, 6.07) is 18.9. The minimum atomic E-state index is -3.39. The van der Waals surface area contributed by atoms with E-state index in [1.54, 1.807) is 43.1 Å². The number of benzene rings is 2. The van der Waals surface area contributed by atoms with Crippen molar-refractivity contribution in [3.05, 3.63) is 72.3 Å². The molecular weight excluding hydrogens is 352 g/mol. The van der Waals surface area contributed by atoms with Crippen LogP contribution in [0.1, 0.15) is 12.8 Å². The van der Waals surface area contributed by atoms with Crippen LogP contribution in [-0.4, -0.2) is 32.6 Å². The molecule has 0 aromatic heterocycles. The smallest absolute Gasteiger partial charge is 0.184 e. The Morgan fingerprint density at radius 3 is 2.32 bits per heavy atom. The fourth-order valence-electron chi connectivity index (χ4n) is 3.06. The highest BCUT2D eigenvalue weighted by molar-refractivity contribution is 7.99. The SMILES string of the molecule is CO[C@@H]1C=C(CSc2ccccc2)CC[C@H]1S(=O)(=O)c1ccccc1. The molecule has 0 bridgehead atoms. The molecule has 0 saturated carbocycles. The molecule has 2 aromatic carbocycles. The van der Waals surface area contributed by atoms with Crippen LogP contribution in [0.3, 0.4) is 0 Å². The maximum Gasteiger partial charge on any atom is 0.184 e. The van der Waals surface area contributed by atoms with Crippen LogP contribution >= 0.6 is 11.8 Å². The van der Waals surface area contributed by atoms with Crippen molar-refractivity contribution in [1.82, 2.24) is 0 Å². The first-order valence-electron chi connectivity index (χ1n) is 8.30. The zero-order chi connectivity index (χ0) is 17.7. The summed E-state index contributed by atoms with van der Waals surface area (Å²) in [7, 11) is -1.80. The van der Waals surface area contributed by atoms with Gasteiger partial charge in [-0.15, -0.1) is 11.8 Å². The summed E-state index contributed by atoms with van der Waals surface area (Å²) in [5.41, 5.74) is 1.25. The summed E-state index contributed by atoms with van der Waals surface area (Å²) in [6.07, 6.45) is 2.99. The first kappa shape index (κ1) is 18.2. The third kappa shape index (κ3) is 4.35. The van der Waals surface area contributed by atoms with E-state index in [-0.39, 0.29) is 0 Å². The van der Waals surface area contributed by atoms with Gasteiger partial charge in [0, 0.05) is 17.8 Å². The fraction of sp³-hybridized carbons (Fsp3) is 0.300. The molecular formula is C20H22O3S2. The molecule has 25 heavy (non-hydrogen) atoms. The number of ether oxygens (including phenoxy) is 1. The normalized spacial score (nSPS) is 20.9. The van der Waals surface area contributed by atoms with E-state index in [0.717, 1.165) is 12.2 Å². The zero-order valence-corrected chi connectivity index (χ0v) is 15.8. The minimum Gasteiger partial charge on any atom is -0.376 e. The molecule has 132 valence electrons. The molecule has 5 heteroatoms. The standard InChI is InChI=1S/C20H22O3S2/c1-23-19-14-16(15-24-17-8-4-2-5-9-17)12-13-20(19)25(21,22)18-10-6-3-7-11-18/h2-11,14,19-20H,12-13,15H2,1H3/t19-,20-/m1/s1. The maximum absolute atomic E-state index is 12.9. The molecule has 3 rings (SSSR count). The second-order valence-corrected chi connectivity index (χ2v) is 9.28. The van der Waals surface area contributed by atoms with Gasteiger partial charge in [0.1, 0.15) is 0 Å². The van der Waals surface area contributed by atoms with Gasteiger partial charge >= 0.3 is 0 Å². The molecule has 0 radical (unpaired) electrons. The van der Waals surface area contributed by atoms with Gasteiger partial charge in [-0.1, -0.05) is 48.0 Å². The highest BCUT2D eigenvalue weighted by atomic mass is 32.2. The highest BCUT2D eigenvalue weighted by Gasteiger charge is 2.36. The Kier molecular flexibility index (Phi) is 5.99. The van der Waals surface area contributed by atoms with E-state index in [1.807, 2.05) is 30.3 Å². The van der Waals surface area contributed by atoms with Crippen molar-refractivity contribution in [3.63, 3.8) is 0 Å². The van der Waals surface area contributed by atoms with Crippen molar-refractivity contribution in [3.8, 4) is 0 Å². The van der Waals surface area contributed by atoms with Gasteiger partial charge in [-0.25, -0.2) is 8.42 Å². The molecule has 2 atom stereocenters. The minimum absolute atomic E-state index is 0.373. The third-order valence-corrected chi connectivity index (χ3v) is 7.78. The number of hydrogen-bond donors (Lipinski definition) is 0. The number of hydrogen-bond acceptors (Lipinski definition) is 4. The van der Waals surface area contributed by atoms with Crippen molar-refractivity contribution in [2.75, 3.05) is 12.9 Å². The van der Waals surface area contributed by atoms with E-state index >= 15 is 0 Å².